The number of nitrogens with zero attached hydrogens (tertiary/aromatic N) is 1. The van der Waals surface area contributed by atoms with Gasteiger partial charge in [0.2, 0.25) is 0 Å². The lowest BCUT2D eigenvalue weighted by molar-refractivity contribution is 0.912. The number of benzene rings is 1. The van der Waals surface area contributed by atoms with E-state index in [0.29, 0.717) is 5.69 Å². The van der Waals surface area contributed by atoms with Crippen LogP contribution >= 0.6 is 0 Å². The van der Waals surface area contributed by atoms with Gasteiger partial charge < -0.3 is 11.1 Å². The van der Waals surface area contributed by atoms with Crippen LogP contribution in [-0.4, -0.2) is 4.98 Å². The van der Waals surface area contributed by atoms with E-state index in [1.54, 1.807) is 12.4 Å². The third-order valence-electron chi connectivity index (χ3n) is 3.23. The highest BCUT2D eigenvalue weighted by Gasteiger charge is 2.10. The van der Waals surface area contributed by atoms with Crippen molar-refractivity contribution in [1.82, 2.24) is 4.98 Å². The van der Waals surface area contributed by atoms with E-state index >= 15 is 0 Å². The average molecular weight is 225 g/mol. The molecule has 1 aromatic heterocycles. The van der Waals surface area contributed by atoms with Crippen molar-refractivity contribution in [2.24, 2.45) is 0 Å². The highest BCUT2D eigenvalue weighted by molar-refractivity contribution is 5.71. The van der Waals surface area contributed by atoms with Gasteiger partial charge in [0.15, 0.2) is 0 Å². The van der Waals surface area contributed by atoms with Crippen molar-refractivity contribution >= 4 is 17.1 Å². The van der Waals surface area contributed by atoms with Crippen LogP contribution in [0.25, 0.3) is 0 Å². The molecule has 0 unspecified atom stereocenters. The number of rotatable bonds is 2. The fourth-order valence-corrected chi connectivity index (χ4v) is 2.33. The predicted molar refractivity (Wildman–Crippen MR) is 70.4 cm³/mol. The van der Waals surface area contributed by atoms with Crippen molar-refractivity contribution in [2.75, 3.05) is 11.1 Å². The molecule has 0 radical (unpaired) electrons. The minimum atomic E-state index is 0.674. The monoisotopic (exact) mass is 225 g/mol. The predicted octanol–water partition coefficient (Wildman–Crippen LogP) is 2.90. The first kappa shape index (κ1) is 10.1. The Morgan fingerprint density at radius 2 is 2.00 bits per heavy atom. The summed E-state index contributed by atoms with van der Waals surface area (Å²) in [4.78, 5) is 3.98. The molecule has 0 atom stereocenters. The zero-order valence-corrected chi connectivity index (χ0v) is 9.61. The van der Waals surface area contributed by atoms with Crippen LogP contribution in [0.4, 0.5) is 17.1 Å². The molecule has 3 heteroatoms. The molecule has 0 spiro atoms. The zero-order chi connectivity index (χ0) is 11.7. The summed E-state index contributed by atoms with van der Waals surface area (Å²) in [6, 6.07) is 8.44. The number of aromatic nitrogens is 1. The largest absolute Gasteiger partial charge is 0.396 e. The average Bonchev–Trinajstić information content (AvgIpc) is 2.79. The summed E-state index contributed by atoms with van der Waals surface area (Å²) >= 11 is 0. The number of hydrogen-bond donors (Lipinski definition) is 2. The van der Waals surface area contributed by atoms with Gasteiger partial charge in [-0.15, -0.1) is 0 Å². The van der Waals surface area contributed by atoms with E-state index in [9.17, 15) is 0 Å². The SMILES string of the molecule is Nc1cnccc1Nc1ccc2c(c1)CCC2. The van der Waals surface area contributed by atoms with Crippen molar-refractivity contribution in [1.29, 1.82) is 0 Å². The minimum Gasteiger partial charge on any atom is -0.396 e. The summed E-state index contributed by atoms with van der Waals surface area (Å²) in [6.07, 6.45) is 7.08. The van der Waals surface area contributed by atoms with Crippen molar-refractivity contribution in [3.05, 3.63) is 47.8 Å². The van der Waals surface area contributed by atoms with Crippen LogP contribution in [0.2, 0.25) is 0 Å². The molecule has 3 nitrogen and oxygen atoms in total. The number of aryl methyl sites for hydroxylation is 2. The Labute approximate surface area is 101 Å². The Bertz CT molecular complexity index is 549. The molecule has 0 fully saturated rings. The van der Waals surface area contributed by atoms with Crippen molar-refractivity contribution in [3.8, 4) is 0 Å². The van der Waals surface area contributed by atoms with Gasteiger partial charge in [0.1, 0.15) is 0 Å². The number of fused-ring (bicyclic) bond motifs is 1. The van der Waals surface area contributed by atoms with Gasteiger partial charge in [-0.3, -0.25) is 4.98 Å². The summed E-state index contributed by atoms with van der Waals surface area (Å²) in [5.41, 5.74) is 11.5. The number of hydrogen-bond acceptors (Lipinski definition) is 3. The van der Waals surface area contributed by atoms with Gasteiger partial charge >= 0.3 is 0 Å². The van der Waals surface area contributed by atoms with E-state index < -0.39 is 0 Å². The van der Waals surface area contributed by atoms with Crippen LogP contribution in [0.3, 0.4) is 0 Å². The molecular weight excluding hydrogens is 210 g/mol. The number of anilines is 3. The summed E-state index contributed by atoms with van der Waals surface area (Å²) in [5.74, 6) is 0. The molecule has 0 bridgehead atoms. The molecule has 0 saturated carbocycles. The topological polar surface area (TPSA) is 50.9 Å². The van der Waals surface area contributed by atoms with Gasteiger partial charge in [-0.2, -0.15) is 0 Å². The minimum absolute atomic E-state index is 0.674. The molecule has 3 rings (SSSR count). The van der Waals surface area contributed by atoms with Gasteiger partial charge in [-0.25, -0.2) is 0 Å². The Morgan fingerprint density at radius 3 is 2.88 bits per heavy atom. The summed E-state index contributed by atoms with van der Waals surface area (Å²) in [6.45, 7) is 0. The van der Waals surface area contributed by atoms with Gasteiger partial charge in [0, 0.05) is 11.9 Å². The van der Waals surface area contributed by atoms with Crippen LogP contribution in [0, 0.1) is 0 Å². The van der Waals surface area contributed by atoms with Crippen LogP contribution in [-0.2, 0) is 12.8 Å². The maximum Gasteiger partial charge on any atom is 0.0739 e. The molecule has 1 heterocycles. The summed E-state index contributed by atoms with van der Waals surface area (Å²) < 4.78 is 0. The van der Waals surface area contributed by atoms with Crippen LogP contribution < -0.4 is 11.1 Å². The molecule has 17 heavy (non-hydrogen) atoms. The Kier molecular flexibility index (Phi) is 2.44. The molecule has 2 aromatic rings. The first-order chi connectivity index (χ1) is 8.33. The van der Waals surface area contributed by atoms with Crippen molar-refractivity contribution in [3.63, 3.8) is 0 Å². The van der Waals surface area contributed by atoms with E-state index in [-0.39, 0.29) is 0 Å². The normalized spacial score (nSPS) is 13.4. The molecule has 3 N–H and O–H groups in total. The molecule has 1 aliphatic rings. The molecule has 0 aliphatic heterocycles. The quantitative estimate of drug-likeness (QED) is 0.826. The fraction of sp³-hybridized carbons (Fsp3) is 0.214. The van der Waals surface area contributed by atoms with E-state index in [0.717, 1.165) is 11.4 Å². The van der Waals surface area contributed by atoms with E-state index in [1.165, 1.54) is 30.4 Å². The summed E-state index contributed by atoms with van der Waals surface area (Å²) in [5, 5.41) is 3.34. The number of pyridine rings is 1. The third-order valence-corrected chi connectivity index (χ3v) is 3.23. The van der Waals surface area contributed by atoms with E-state index in [4.69, 9.17) is 5.73 Å². The highest BCUT2D eigenvalue weighted by atomic mass is 14.9. The van der Waals surface area contributed by atoms with Crippen LogP contribution in [0.5, 0.6) is 0 Å². The number of nitrogen functional groups attached to an aromatic ring is 1. The van der Waals surface area contributed by atoms with Crippen LogP contribution in [0.1, 0.15) is 17.5 Å². The van der Waals surface area contributed by atoms with Crippen LogP contribution in [0.15, 0.2) is 36.7 Å². The van der Waals surface area contributed by atoms with Gasteiger partial charge in [-0.1, -0.05) is 6.07 Å². The second-order valence-corrected chi connectivity index (χ2v) is 4.42. The molecule has 1 aromatic carbocycles. The molecular formula is C14H15N3. The molecule has 86 valence electrons. The molecule has 0 amide bonds. The van der Waals surface area contributed by atoms with E-state index in [2.05, 4.69) is 28.5 Å². The Morgan fingerprint density at radius 1 is 1.12 bits per heavy atom. The fourth-order valence-electron chi connectivity index (χ4n) is 2.33. The lowest BCUT2D eigenvalue weighted by Gasteiger charge is -2.10. The number of nitrogens with one attached hydrogen (secondary N) is 1. The standard InChI is InChI=1S/C14H15N3/c15-13-9-16-7-6-14(13)17-12-5-4-10-2-1-3-11(10)8-12/h4-9H,1-3,15H2,(H,16,17). The summed E-state index contributed by atoms with van der Waals surface area (Å²) in [7, 11) is 0. The Hall–Kier alpha value is -2.03. The highest BCUT2D eigenvalue weighted by Crippen LogP contribution is 2.27. The lowest BCUT2D eigenvalue weighted by atomic mass is 10.1. The first-order valence-electron chi connectivity index (χ1n) is 5.91. The lowest BCUT2D eigenvalue weighted by Crippen LogP contribution is -1.97. The van der Waals surface area contributed by atoms with Gasteiger partial charge in [-0.05, 0) is 48.6 Å². The maximum absolute atomic E-state index is 5.86. The van der Waals surface area contributed by atoms with Gasteiger partial charge in [0.25, 0.3) is 0 Å². The smallest absolute Gasteiger partial charge is 0.0739 e. The second kappa shape index (κ2) is 4.09. The third kappa shape index (κ3) is 1.96. The Balaban J connectivity index is 1.89. The second-order valence-electron chi connectivity index (χ2n) is 4.42. The zero-order valence-electron chi connectivity index (χ0n) is 9.61. The maximum atomic E-state index is 5.86. The van der Waals surface area contributed by atoms with Crippen molar-refractivity contribution in [2.45, 2.75) is 19.3 Å². The molecule has 1 aliphatic carbocycles. The van der Waals surface area contributed by atoms with Gasteiger partial charge in [0.05, 0.1) is 17.6 Å². The first-order valence-corrected chi connectivity index (χ1v) is 5.91. The molecule has 0 saturated heterocycles. The van der Waals surface area contributed by atoms with Crippen molar-refractivity contribution < 1.29 is 0 Å². The van der Waals surface area contributed by atoms with E-state index in [1.807, 2.05) is 6.07 Å². The number of nitrogens with two attached hydrogens (primary N) is 1.